The van der Waals surface area contributed by atoms with E-state index in [9.17, 15) is 13.2 Å². The maximum Gasteiger partial charge on any atom is 0.250 e. The van der Waals surface area contributed by atoms with Crippen LogP contribution >= 0.6 is 11.3 Å². The van der Waals surface area contributed by atoms with Crippen molar-refractivity contribution in [1.29, 1.82) is 0 Å². The van der Waals surface area contributed by atoms with Gasteiger partial charge in [-0.2, -0.15) is 0 Å². The quantitative estimate of drug-likeness (QED) is 0.800. The van der Waals surface area contributed by atoms with Crippen LogP contribution in [0.1, 0.15) is 13.8 Å². The zero-order valence-electron chi connectivity index (χ0n) is 12.8. The second kappa shape index (κ2) is 7.58. The topological polar surface area (TPSA) is 84.5 Å². The Morgan fingerprint density at radius 2 is 1.91 bits per heavy atom. The molecule has 0 saturated heterocycles. The average molecular weight is 354 g/mol. The highest BCUT2D eigenvalue weighted by atomic mass is 32.2. The molecule has 124 valence electrons. The fourth-order valence-electron chi connectivity index (χ4n) is 1.74. The minimum Gasteiger partial charge on any atom is -0.491 e. The third-order valence-corrected chi connectivity index (χ3v) is 5.49. The number of benzene rings is 1. The molecule has 1 aromatic heterocycles. The smallest absolute Gasteiger partial charge is 0.250 e. The van der Waals surface area contributed by atoms with Gasteiger partial charge in [0.05, 0.1) is 12.6 Å². The van der Waals surface area contributed by atoms with Crippen molar-refractivity contribution in [3.05, 3.63) is 41.8 Å². The first-order valence-corrected chi connectivity index (χ1v) is 9.33. The monoisotopic (exact) mass is 354 g/mol. The van der Waals surface area contributed by atoms with Gasteiger partial charge in [0.2, 0.25) is 5.91 Å². The Labute approximate surface area is 139 Å². The van der Waals surface area contributed by atoms with Crippen LogP contribution < -0.4 is 14.8 Å². The summed E-state index contributed by atoms with van der Waals surface area (Å²) in [5, 5.41) is 4.28. The molecule has 1 aromatic carbocycles. The van der Waals surface area contributed by atoms with E-state index >= 15 is 0 Å². The number of amides is 1. The third kappa shape index (κ3) is 5.34. The van der Waals surface area contributed by atoms with Crippen LogP contribution in [0.2, 0.25) is 0 Å². The predicted octanol–water partition coefficient (Wildman–Crippen LogP) is 2.45. The van der Waals surface area contributed by atoms with Gasteiger partial charge in [-0.15, -0.1) is 11.3 Å². The lowest BCUT2D eigenvalue weighted by molar-refractivity contribution is -0.115. The highest BCUT2D eigenvalue weighted by Gasteiger charge is 2.16. The molecule has 0 aliphatic carbocycles. The van der Waals surface area contributed by atoms with Gasteiger partial charge in [0.1, 0.15) is 9.96 Å². The lowest BCUT2D eigenvalue weighted by Gasteiger charge is -2.11. The van der Waals surface area contributed by atoms with E-state index in [-0.39, 0.29) is 16.9 Å². The van der Waals surface area contributed by atoms with Crippen LogP contribution in [0.5, 0.6) is 5.75 Å². The summed E-state index contributed by atoms with van der Waals surface area (Å²) in [6, 6.07) is 10.0. The summed E-state index contributed by atoms with van der Waals surface area (Å²) in [5.74, 6) is 0.263. The van der Waals surface area contributed by atoms with Gasteiger partial charge < -0.3 is 10.1 Å². The molecule has 0 saturated carbocycles. The molecule has 0 radical (unpaired) electrons. The van der Waals surface area contributed by atoms with Gasteiger partial charge in [-0.25, -0.2) is 13.1 Å². The Balaban J connectivity index is 1.87. The van der Waals surface area contributed by atoms with E-state index in [4.69, 9.17) is 4.74 Å². The number of hydrogen-bond acceptors (Lipinski definition) is 5. The molecule has 0 atom stereocenters. The van der Waals surface area contributed by atoms with Gasteiger partial charge in [-0.3, -0.25) is 4.79 Å². The van der Waals surface area contributed by atoms with Gasteiger partial charge in [-0.1, -0.05) is 6.07 Å². The normalized spacial score (nSPS) is 11.4. The average Bonchev–Trinajstić information content (AvgIpc) is 3.02. The summed E-state index contributed by atoms with van der Waals surface area (Å²) in [6.07, 6.45) is 0.0714. The number of ether oxygens (including phenoxy) is 1. The van der Waals surface area contributed by atoms with E-state index in [0.29, 0.717) is 11.4 Å². The zero-order chi connectivity index (χ0) is 16.9. The molecule has 2 aromatic rings. The molecule has 2 rings (SSSR count). The number of hydrogen-bond donors (Lipinski definition) is 2. The summed E-state index contributed by atoms with van der Waals surface area (Å²) >= 11 is 1.10. The number of carbonyl (C=O) groups is 1. The molecule has 0 fully saturated rings. The molecule has 0 unspecified atom stereocenters. The standard InChI is InChI=1S/C15H18N2O4S2/c1-11(2)21-13-7-5-12(6-8-13)17-14(18)10-16-23(19,20)15-4-3-9-22-15/h3-9,11,16H,10H2,1-2H3,(H,17,18). The van der Waals surface area contributed by atoms with Gasteiger partial charge in [0, 0.05) is 5.69 Å². The Morgan fingerprint density at radius 3 is 2.48 bits per heavy atom. The molecular formula is C15H18N2O4S2. The van der Waals surface area contributed by atoms with Crippen molar-refractivity contribution in [2.75, 3.05) is 11.9 Å². The predicted molar refractivity (Wildman–Crippen MR) is 90.3 cm³/mol. The largest absolute Gasteiger partial charge is 0.491 e. The van der Waals surface area contributed by atoms with E-state index in [1.54, 1.807) is 35.7 Å². The summed E-state index contributed by atoms with van der Waals surface area (Å²) in [7, 11) is -3.64. The fourth-order valence-corrected chi connectivity index (χ4v) is 3.76. The molecule has 1 amide bonds. The van der Waals surface area contributed by atoms with Crippen molar-refractivity contribution in [2.24, 2.45) is 0 Å². The summed E-state index contributed by atoms with van der Waals surface area (Å²) < 4.78 is 31.8. The molecule has 1 heterocycles. The Bertz CT molecular complexity index is 738. The van der Waals surface area contributed by atoms with Crippen molar-refractivity contribution >= 4 is 33.0 Å². The number of carbonyl (C=O) groups excluding carboxylic acids is 1. The van der Waals surface area contributed by atoms with Crippen LogP contribution in [-0.4, -0.2) is 27.0 Å². The van der Waals surface area contributed by atoms with Crippen LogP contribution in [0, 0.1) is 0 Å². The first-order chi connectivity index (χ1) is 10.9. The molecule has 6 nitrogen and oxygen atoms in total. The van der Waals surface area contributed by atoms with Crippen molar-refractivity contribution in [3.63, 3.8) is 0 Å². The highest BCUT2D eigenvalue weighted by molar-refractivity contribution is 7.91. The number of thiophene rings is 1. The second-order valence-electron chi connectivity index (χ2n) is 5.00. The van der Waals surface area contributed by atoms with E-state index < -0.39 is 15.9 Å². The second-order valence-corrected chi connectivity index (χ2v) is 7.94. The molecule has 23 heavy (non-hydrogen) atoms. The zero-order valence-corrected chi connectivity index (χ0v) is 14.4. The van der Waals surface area contributed by atoms with E-state index in [0.717, 1.165) is 11.3 Å². The van der Waals surface area contributed by atoms with Crippen LogP contribution in [0.15, 0.2) is 46.0 Å². The Morgan fingerprint density at radius 1 is 1.22 bits per heavy atom. The molecule has 0 aliphatic rings. The van der Waals surface area contributed by atoms with Crippen molar-refractivity contribution in [3.8, 4) is 5.75 Å². The van der Waals surface area contributed by atoms with E-state index in [1.165, 1.54) is 6.07 Å². The van der Waals surface area contributed by atoms with Crippen LogP contribution in [0.4, 0.5) is 5.69 Å². The fraction of sp³-hybridized carbons (Fsp3) is 0.267. The highest BCUT2D eigenvalue weighted by Crippen LogP contribution is 2.17. The van der Waals surface area contributed by atoms with Gasteiger partial charge in [0.25, 0.3) is 10.0 Å². The van der Waals surface area contributed by atoms with Crippen LogP contribution in [0.3, 0.4) is 0 Å². The molecular weight excluding hydrogens is 336 g/mol. The van der Waals surface area contributed by atoms with E-state index in [2.05, 4.69) is 10.0 Å². The number of rotatable bonds is 7. The van der Waals surface area contributed by atoms with E-state index in [1.807, 2.05) is 13.8 Å². The van der Waals surface area contributed by atoms with Crippen molar-refractivity contribution in [2.45, 2.75) is 24.2 Å². The number of anilines is 1. The third-order valence-electron chi connectivity index (χ3n) is 2.69. The lowest BCUT2D eigenvalue weighted by Crippen LogP contribution is -2.32. The molecule has 2 N–H and O–H groups in total. The van der Waals surface area contributed by atoms with Gasteiger partial charge >= 0.3 is 0 Å². The summed E-state index contributed by atoms with van der Waals surface area (Å²) in [6.45, 7) is 3.52. The first kappa shape index (κ1) is 17.5. The molecule has 8 heteroatoms. The van der Waals surface area contributed by atoms with Crippen LogP contribution in [-0.2, 0) is 14.8 Å². The SMILES string of the molecule is CC(C)Oc1ccc(NC(=O)CNS(=O)(=O)c2cccs2)cc1. The van der Waals surface area contributed by atoms with Crippen molar-refractivity contribution in [1.82, 2.24) is 4.72 Å². The Kier molecular flexibility index (Phi) is 5.75. The minimum absolute atomic E-state index is 0.0714. The number of nitrogens with one attached hydrogen (secondary N) is 2. The van der Waals surface area contributed by atoms with Gasteiger partial charge in [0.15, 0.2) is 0 Å². The maximum atomic E-state index is 11.9. The van der Waals surface area contributed by atoms with Crippen LogP contribution in [0.25, 0.3) is 0 Å². The summed E-state index contributed by atoms with van der Waals surface area (Å²) in [5.41, 5.74) is 0.571. The summed E-state index contributed by atoms with van der Waals surface area (Å²) in [4.78, 5) is 11.8. The minimum atomic E-state index is -3.64. The number of sulfonamides is 1. The molecule has 0 bridgehead atoms. The van der Waals surface area contributed by atoms with Gasteiger partial charge in [-0.05, 0) is 49.6 Å². The lowest BCUT2D eigenvalue weighted by atomic mass is 10.3. The molecule has 0 aliphatic heterocycles. The Hall–Kier alpha value is -1.90. The molecule has 0 spiro atoms. The maximum absolute atomic E-state index is 11.9. The van der Waals surface area contributed by atoms with Crippen molar-refractivity contribution < 1.29 is 17.9 Å². The first-order valence-electron chi connectivity index (χ1n) is 6.96.